The zero-order valence-corrected chi connectivity index (χ0v) is 14.1. The molecule has 23 heavy (non-hydrogen) atoms. The van der Waals surface area contributed by atoms with E-state index < -0.39 is 6.04 Å². The molecule has 0 aromatic carbocycles. The van der Waals surface area contributed by atoms with E-state index in [4.69, 9.17) is 0 Å². The first-order valence-corrected chi connectivity index (χ1v) is 8.19. The molecule has 0 saturated carbocycles. The van der Waals surface area contributed by atoms with Crippen LogP contribution in [0, 0.1) is 0 Å². The van der Waals surface area contributed by atoms with E-state index in [1.807, 2.05) is 18.4 Å². The van der Waals surface area contributed by atoms with Crippen LogP contribution >= 0.6 is 0 Å². The van der Waals surface area contributed by atoms with Gasteiger partial charge in [0.1, 0.15) is 6.33 Å². The molecule has 1 aliphatic rings. The molecule has 1 fully saturated rings. The van der Waals surface area contributed by atoms with Crippen LogP contribution in [0.3, 0.4) is 0 Å². The van der Waals surface area contributed by atoms with Crippen LogP contribution in [0.25, 0.3) is 0 Å². The van der Waals surface area contributed by atoms with Gasteiger partial charge in [0.2, 0.25) is 11.8 Å². The molecule has 2 heterocycles. The zero-order chi connectivity index (χ0) is 16.8. The number of carbonyl (C=O) groups is 2. The Labute approximate surface area is 136 Å². The van der Waals surface area contributed by atoms with Gasteiger partial charge in [-0.2, -0.15) is 0 Å². The van der Waals surface area contributed by atoms with Gasteiger partial charge in [-0.3, -0.25) is 14.5 Å². The Balaban J connectivity index is 1.90. The summed E-state index contributed by atoms with van der Waals surface area (Å²) in [6.07, 6.45) is 2.80. The van der Waals surface area contributed by atoms with E-state index in [9.17, 15) is 9.59 Å². The van der Waals surface area contributed by atoms with Gasteiger partial charge in [0.05, 0.1) is 19.0 Å². The van der Waals surface area contributed by atoms with Crippen molar-refractivity contribution in [3.05, 3.63) is 12.2 Å². The molecule has 8 heteroatoms. The van der Waals surface area contributed by atoms with Crippen molar-refractivity contribution in [2.24, 2.45) is 0 Å². The molecule has 1 aromatic rings. The highest BCUT2D eigenvalue weighted by atomic mass is 16.2. The van der Waals surface area contributed by atoms with Crippen LogP contribution < -0.4 is 10.6 Å². The Morgan fingerprint density at radius 2 is 2.30 bits per heavy atom. The average Bonchev–Trinajstić information content (AvgIpc) is 2.95. The van der Waals surface area contributed by atoms with Gasteiger partial charge in [0.25, 0.3) is 0 Å². The molecular weight excluding hydrogens is 296 g/mol. The van der Waals surface area contributed by atoms with Crippen LogP contribution in [0.1, 0.15) is 39.4 Å². The van der Waals surface area contributed by atoms with Crippen LogP contribution in [0.5, 0.6) is 0 Å². The van der Waals surface area contributed by atoms with Crippen molar-refractivity contribution in [1.29, 1.82) is 0 Å². The van der Waals surface area contributed by atoms with Gasteiger partial charge in [-0.15, -0.1) is 10.2 Å². The summed E-state index contributed by atoms with van der Waals surface area (Å²) in [6, 6.07) is -0.177. The van der Waals surface area contributed by atoms with Gasteiger partial charge in [-0.05, 0) is 20.3 Å². The second-order valence-electron chi connectivity index (χ2n) is 6.06. The predicted molar refractivity (Wildman–Crippen MR) is 85.4 cm³/mol. The van der Waals surface area contributed by atoms with Gasteiger partial charge < -0.3 is 15.2 Å². The summed E-state index contributed by atoms with van der Waals surface area (Å²) in [6.45, 7) is 8.71. The van der Waals surface area contributed by atoms with Crippen LogP contribution in [-0.2, 0) is 22.7 Å². The maximum Gasteiger partial charge on any atom is 0.237 e. The van der Waals surface area contributed by atoms with Crippen LogP contribution in [0.2, 0.25) is 0 Å². The van der Waals surface area contributed by atoms with E-state index in [2.05, 4.69) is 32.7 Å². The van der Waals surface area contributed by atoms with E-state index in [0.717, 1.165) is 25.3 Å². The minimum atomic E-state index is -0.405. The number of nitrogens with zero attached hydrogens (tertiary/aromatic N) is 4. The minimum Gasteiger partial charge on any atom is -0.353 e. The third kappa shape index (κ3) is 4.51. The number of nitrogens with one attached hydrogen (secondary N) is 2. The standard InChI is InChI=1S/C15H26N6O2/c1-4-6-20-10-18-19-13(20)9-17-14(22)8-12-15(23)16-5-7-21(12)11(2)3/h10-12H,4-9H2,1-3H3,(H,16,23)(H,17,22)/t12-/m0/s1. The summed E-state index contributed by atoms with van der Waals surface area (Å²) in [5.41, 5.74) is 0. The third-order valence-corrected chi connectivity index (χ3v) is 4.02. The largest absolute Gasteiger partial charge is 0.353 e. The minimum absolute atomic E-state index is 0.0748. The lowest BCUT2D eigenvalue weighted by molar-refractivity contribution is -0.134. The van der Waals surface area contributed by atoms with Crippen LogP contribution in [0.15, 0.2) is 6.33 Å². The predicted octanol–water partition coefficient (Wildman–Crippen LogP) is -0.0968. The molecule has 1 aromatic heterocycles. The highest BCUT2D eigenvalue weighted by Crippen LogP contribution is 2.12. The second-order valence-corrected chi connectivity index (χ2v) is 6.06. The van der Waals surface area contributed by atoms with E-state index in [1.165, 1.54) is 0 Å². The lowest BCUT2D eigenvalue weighted by atomic mass is 10.1. The molecule has 1 atom stereocenters. The molecule has 0 radical (unpaired) electrons. The number of hydrogen-bond acceptors (Lipinski definition) is 5. The fourth-order valence-corrected chi connectivity index (χ4v) is 2.83. The maximum atomic E-state index is 12.2. The number of aromatic nitrogens is 3. The first-order valence-electron chi connectivity index (χ1n) is 8.19. The van der Waals surface area contributed by atoms with Gasteiger partial charge in [0.15, 0.2) is 5.82 Å². The van der Waals surface area contributed by atoms with E-state index in [1.54, 1.807) is 6.33 Å². The lowest BCUT2D eigenvalue weighted by Crippen LogP contribution is -2.58. The quantitative estimate of drug-likeness (QED) is 0.731. The number of amides is 2. The number of rotatable bonds is 7. The summed E-state index contributed by atoms with van der Waals surface area (Å²) in [5.74, 6) is 0.506. The Hall–Kier alpha value is -1.96. The van der Waals surface area contributed by atoms with Crippen molar-refractivity contribution in [2.75, 3.05) is 13.1 Å². The number of carbonyl (C=O) groups excluding carboxylic acids is 2. The summed E-state index contributed by atoms with van der Waals surface area (Å²) in [4.78, 5) is 26.3. The first-order chi connectivity index (χ1) is 11.0. The Bertz CT molecular complexity index is 542. The normalized spacial score (nSPS) is 19.0. The fraction of sp³-hybridized carbons (Fsp3) is 0.733. The second kappa shape index (κ2) is 8.05. The van der Waals surface area contributed by atoms with E-state index in [0.29, 0.717) is 13.1 Å². The number of hydrogen-bond donors (Lipinski definition) is 2. The molecule has 0 spiro atoms. The van der Waals surface area contributed by atoms with Crippen molar-refractivity contribution in [3.63, 3.8) is 0 Å². The van der Waals surface area contributed by atoms with Crippen molar-refractivity contribution in [2.45, 2.75) is 58.8 Å². The summed E-state index contributed by atoms with van der Waals surface area (Å²) in [7, 11) is 0. The summed E-state index contributed by atoms with van der Waals surface area (Å²) in [5, 5.41) is 13.6. The molecular formula is C15H26N6O2. The first kappa shape index (κ1) is 17.4. The Morgan fingerprint density at radius 3 is 3.00 bits per heavy atom. The van der Waals surface area contributed by atoms with Gasteiger partial charge in [-0.25, -0.2) is 0 Å². The van der Waals surface area contributed by atoms with Gasteiger partial charge in [0, 0.05) is 25.7 Å². The monoisotopic (exact) mass is 322 g/mol. The average molecular weight is 322 g/mol. The molecule has 0 unspecified atom stereocenters. The molecule has 0 aliphatic carbocycles. The lowest BCUT2D eigenvalue weighted by Gasteiger charge is -2.37. The summed E-state index contributed by atoms with van der Waals surface area (Å²) < 4.78 is 1.92. The molecule has 128 valence electrons. The third-order valence-electron chi connectivity index (χ3n) is 4.02. The fourth-order valence-electron chi connectivity index (χ4n) is 2.83. The molecule has 2 amide bonds. The summed E-state index contributed by atoms with van der Waals surface area (Å²) >= 11 is 0. The van der Waals surface area contributed by atoms with E-state index in [-0.39, 0.29) is 24.3 Å². The maximum absolute atomic E-state index is 12.2. The molecule has 0 bridgehead atoms. The molecule has 2 N–H and O–H groups in total. The van der Waals surface area contributed by atoms with Crippen molar-refractivity contribution < 1.29 is 9.59 Å². The zero-order valence-electron chi connectivity index (χ0n) is 14.1. The smallest absolute Gasteiger partial charge is 0.237 e. The molecule has 2 rings (SSSR count). The van der Waals surface area contributed by atoms with E-state index >= 15 is 0 Å². The highest BCUT2D eigenvalue weighted by Gasteiger charge is 2.32. The SMILES string of the molecule is CCCn1cnnc1CNC(=O)C[C@H]1C(=O)NCCN1C(C)C. The molecule has 1 saturated heterocycles. The number of aryl methyl sites for hydroxylation is 1. The van der Waals surface area contributed by atoms with Crippen LogP contribution in [0.4, 0.5) is 0 Å². The Morgan fingerprint density at radius 1 is 1.52 bits per heavy atom. The van der Waals surface area contributed by atoms with Crippen LogP contribution in [-0.4, -0.2) is 56.7 Å². The molecule has 8 nitrogen and oxygen atoms in total. The molecule has 1 aliphatic heterocycles. The highest BCUT2D eigenvalue weighted by molar-refractivity contribution is 5.88. The number of piperazine rings is 1. The van der Waals surface area contributed by atoms with Gasteiger partial charge >= 0.3 is 0 Å². The Kier molecular flexibility index (Phi) is 6.09. The van der Waals surface area contributed by atoms with Gasteiger partial charge in [-0.1, -0.05) is 6.92 Å². The van der Waals surface area contributed by atoms with Crippen molar-refractivity contribution in [1.82, 2.24) is 30.3 Å². The van der Waals surface area contributed by atoms with Crippen molar-refractivity contribution >= 4 is 11.8 Å². The van der Waals surface area contributed by atoms with Crippen molar-refractivity contribution in [3.8, 4) is 0 Å². The topological polar surface area (TPSA) is 92.1 Å².